The Bertz CT molecular complexity index is 728. The molecule has 8 heteroatoms. The Labute approximate surface area is 151 Å². The van der Waals surface area contributed by atoms with E-state index in [1.165, 1.54) is 0 Å². The first-order valence-electron chi connectivity index (χ1n) is 7.68. The third-order valence-electron chi connectivity index (χ3n) is 5.21. The zero-order valence-electron chi connectivity index (χ0n) is 12.6. The van der Waals surface area contributed by atoms with E-state index in [0.717, 1.165) is 29.3 Å². The summed E-state index contributed by atoms with van der Waals surface area (Å²) in [4.78, 5) is 0.294. The van der Waals surface area contributed by atoms with Crippen molar-refractivity contribution in [3.63, 3.8) is 0 Å². The maximum absolute atomic E-state index is 13.1. The first-order chi connectivity index (χ1) is 10.5. The van der Waals surface area contributed by atoms with Crippen LogP contribution >= 0.6 is 28.3 Å². The van der Waals surface area contributed by atoms with Gasteiger partial charge in [0.2, 0.25) is 10.0 Å². The van der Waals surface area contributed by atoms with Crippen molar-refractivity contribution in [1.82, 2.24) is 4.31 Å². The average Bonchev–Trinajstić information content (AvgIpc) is 3.15. The molecule has 3 unspecified atom stereocenters. The quantitative estimate of drug-likeness (QED) is 0.791. The van der Waals surface area contributed by atoms with Crippen LogP contribution in [-0.4, -0.2) is 38.5 Å². The molecule has 4 rings (SSSR count). The molecule has 3 atom stereocenters. The fourth-order valence-electron chi connectivity index (χ4n) is 4.03. The van der Waals surface area contributed by atoms with Crippen LogP contribution in [0, 0.1) is 11.8 Å². The van der Waals surface area contributed by atoms with Crippen LogP contribution in [0.1, 0.15) is 18.4 Å². The van der Waals surface area contributed by atoms with Gasteiger partial charge in [0.1, 0.15) is 10.6 Å². The van der Waals surface area contributed by atoms with Crippen LogP contribution in [0.15, 0.2) is 21.5 Å². The molecule has 23 heavy (non-hydrogen) atoms. The molecule has 128 valence electrons. The smallest absolute Gasteiger partial charge is 0.246 e. The first-order valence-corrected chi connectivity index (χ1v) is 9.91. The minimum absolute atomic E-state index is 0. The summed E-state index contributed by atoms with van der Waals surface area (Å²) in [5.74, 6) is 1.24. The van der Waals surface area contributed by atoms with Crippen molar-refractivity contribution in [2.45, 2.75) is 30.2 Å². The van der Waals surface area contributed by atoms with E-state index in [4.69, 9.17) is 10.5 Å². The monoisotopic (exact) mass is 422 g/mol. The molecule has 2 N–H and O–H groups in total. The predicted molar refractivity (Wildman–Crippen MR) is 93.5 cm³/mol. The number of ether oxygens (including phenoxy) is 1. The molecular weight excluding hydrogens is 404 g/mol. The third-order valence-corrected chi connectivity index (χ3v) is 7.51. The summed E-state index contributed by atoms with van der Waals surface area (Å²) < 4.78 is 34.1. The van der Waals surface area contributed by atoms with Crippen LogP contribution in [0.3, 0.4) is 0 Å². The molecule has 0 spiro atoms. The molecule has 2 aliphatic heterocycles. The van der Waals surface area contributed by atoms with Crippen LogP contribution in [0.5, 0.6) is 5.75 Å². The second-order valence-corrected chi connectivity index (χ2v) is 9.30. The maximum Gasteiger partial charge on any atom is 0.246 e. The summed E-state index contributed by atoms with van der Waals surface area (Å²) in [6.45, 7) is 1.67. The summed E-state index contributed by atoms with van der Waals surface area (Å²) >= 11 is 3.42. The molecule has 1 aromatic rings. The summed E-state index contributed by atoms with van der Waals surface area (Å²) in [7, 11) is -3.53. The lowest BCUT2D eigenvalue weighted by molar-refractivity contribution is 0.346. The number of benzene rings is 1. The minimum atomic E-state index is -3.53. The van der Waals surface area contributed by atoms with E-state index in [9.17, 15) is 8.42 Å². The van der Waals surface area contributed by atoms with Gasteiger partial charge in [-0.3, -0.25) is 0 Å². The lowest BCUT2D eigenvalue weighted by Gasteiger charge is -2.20. The molecule has 0 radical (unpaired) electrons. The van der Waals surface area contributed by atoms with Gasteiger partial charge in [-0.1, -0.05) is 15.9 Å². The second kappa shape index (κ2) is 6.19. The fraction of sp³-hybridized carbons (Fsp3) is 0.600. The average molecular weight is 424 g/mol. The van der Waals surface area contributed by atoms with Crippen LogP contribution in [0.2, 0.25) is 0 Å². The molecule has 0 aromatic heterocycles. The molecule has 2 heterocycles. The Balaban J connectivity index is 0.00000156. The van der Waals surface area contributed by atoms with Gasteiger partial charge in [-0.2, -0.15) is 4.31 Å². The van der Waals surface area contributed by atoms with Crippen LogP contribution in [-0.2, 0) is 16.4 Å². The number of nitrogens with two attached hydrogens (primary N) is 1. The van der Waals surface area contributed by atoms with E-state index in [-0.39, 0.29) is 18.4 Å². The number of hydrogen-bond donors (Lipinski definition) is 1. The summed E-state index contributed by atoms with van der Waals surface area (Å²) in [5.41, 5.74) is 7.09. The highest BCUT2D eigenvalue weighted by Gasteiger charge is 2.46. The van der Waals surface area contributed by atoms with Crippen molar-refractivity contribution in [3.05, 3.63) is 22.2 Å². The highest BCUT2D eigenvalue weighted by Crippen LogP contribution is 2.42. The van der Waals surface area contributed by atoms with E-state index in [2.05, 4.69) is 15.9 Å². The van der Waals surface area contributed by atoms with Crippen molar-refractivity contribution in [2.24, 2.45) is 17.6 Å². The number of rotatable bonds is 2. The number of fused-ring (bicyclic) bond motifs is 2. The molecule has 0 amide bonds. The van der Waals surface area contributed by atoms with Crippen molar-refractivity contribution in [1.29, 1.82) is 0 Å². The Morgan fingerprint density at radius 2 is 2.04 bits per heavy atom. The van der Waals surface area contributed by atoms with E-state index >= 15 is 0 Å². The van der Waals surface area contributed by atoms with Gasteiger partial charge in [-0.25, -0.2) is 8.42 Å². The molecule has 1 saturated carbocycles. The molecule has 1 saturated heterocycles. The molecule has 2 fully saturated rings. The fourth-order valence-corrected chi connectivity index (χ4v) is 6.42. The third kappa shape index (κ3) is 2.80. The number of hydrogen-bond acceptors (Lipinski definition) is 4. The normalized spacial score (nSPS) is 29.7. The molecule has 5 nitrogen and oxygen atoms in total. The number of halogens is 2. The lowest BCUT2D eigenvalue weighted by atomic mass is 9.98. The molecule has 1 aromatic carbocycles. The summed E-state index contributed by atoms with van der Waals surface area (Å²) in [6.07, 6.45) is 2.80. The topological polar surface area (TPSA) is 72.6 Å². The Hall–Kier alpha value is -0.340. The van der Waals surface area contributed by atoms with E-state index in [0.29, 0.717) is 42.2 Å². The minimum Gasteiger partial charge on any atom is -0.492 e. The van der Waals surface area contributed by atoms with Gasteiger partial charge < -0.3 is 10.5 Å². The van der Waals surface area contributed by atoms with Crippen molar-refractivity contribution in [3.8, 4) is 5.75 Å². The number of sulfonamides is 1. The van der Waals surface area contributed by atoms with Crippen LogP contribution in [0.25, 0.3) is 0 Å². The first kappa shape index (κ1) is 17.5. The molecule has 3 aliphatic rings. The van der Waals surface area contributed by atoms with E-state index < -0.39 is 10.0 Å². The zero-order chi connectivity index (χ0) is 15.5. The Morgan fingerprint density at radius 3 is 2.78 bits per heavy atom. The molecular formula is C15H20BrClN2O3S. The van der Waals surface area contributed by atoms with Crippen molar-refractivity contribution in [2.75, 3.05) is 19.7 Å². The molecule has 1 aliphatic carbocycles. The predicted octanol–water partition coefficient (Wildman–Crippen LogP) is 2.16. The van der Waals surface area contributed by atoms with Crippen molar-refractivity contribution < 1.29 is 13.2 Å². The van der Waals surface area contributed by atoms with Gasteiger partial charge in [-0.05, 0) is 36.8 Å². The van der Waals surface area contributed by atoms with Gasteiger partial charge in [0, 0.05) is 35.6 Å². The zero-order valence-corrected chi connectivity index (χ0v) is 15.8. The van der Waals surface area contributed by atoms with Gasteiger partial charge in [0.15, 0.2) is 0 Å². The Morgan fingerprint density at radius 1 is 1.26 bits per heavy atom. The second-order valence-electron chi connectivity index (χ2n) is 6.48. The highest BCUT2D eigenvalue weighted by atomic mass is 79.9. The van der Waals surface area contributed by atoms with Crippen LogP contribution < -0.4 is 10.5 Å². The molecule has 0 bridgehead atoms. The van der Waals surface area contributed by atoms with E-state index in [1.807, 2.05) is 6.07 Å². The number of nitrogens with zero attached hydrogens (tertiary/aromatic N) is 1. The maximum atomic E-state index is 13.1. The van der Waals surface area contributed by atoms with Gasteiger partial charge >= 0.3 is 0 Å². The highest BCUT2D eigenvalue weighted by molar-refractivity contribution is 9.10. The van der Waals surface area contributed by atoms with Crippen molar-refractivity contribution >= 4 is 38.4 Å². The van der Waals surface area contributed by atoms with Crippen LogP contribution in [0.4, 0.5) is 0 Å². The largest absolute Gasteiger partial charge is 0.492 e. The van der Waals surface area contributed by atoms with Gasteiger partial charge in [0.25, 0.3) is 0 Å². The van der Waals surface area contributed by atoms with E-state index in [1.54, 1.807) is 10.4 Å². The Kier molecular flexibility index (Phi) is 4.70. The summed E-state index contributed by atoms with van der Waals surface area (Å²) in [5, 5.41) is 0. The lowest BCUT2D eigenvalue weighted by Crippen LogP contribution is -2.33. The summed E-state index contributed by atoms with van der Waals surface area (Å²) in [6, 6.07) is 3.73. The van der Waals surface area contributed by atoms with Gasteiger partial charge in [-0.15, -0.1) is 12.4 Å². The standard InChI is InChI=1S/C15H19BrN2O3S.ClH/c16-11-5-9-3-4-21-15(9)14(6-11)22(19,20)18-7-10-1-2-13(17)12(10)8-18;/h5-6,10,12-13H,1-4,7-8,17H2;1H. The van der Waals surface area contributed by atoms with Gasteiger partial charge in [0.05, 0.1) is 6.61 Å². The SMILES string of the molecule is Cl.NC1CCC2CN(S(=O)(=O)c3cc(Br)cc4c3OCC4)CC12.